The molecule has 7 heteroatoms. The molecule has 0 saturated carbocycles. The van der Waals surface area contributed by atoms with Crippen LogP contribution in [0.3, 0.4) is 0 Å². The average molecular weight is 416 g/mol. The Kier molecular flexibility index (Phi) is 8.37. The van der Waals surface area contributed by atoms with Crippen molar-refractivity contribution in [3.8, 4) is 5.75 Å². The number of benzene rings is 1. The highest BCUT2D eigenvalue weighted by Gasteiger charge is 2.27. The van der Waals surface area contributed by atoms with E-state index in [1.165, 1.54) is 24.8 Å². The number of hydrogen-bond donors (Lipinski definition) is 2. The lowest BCUT2D eigenvalue weighted by molar-refractivity contribution is -0.129. The normalized spacial score (nSPS) is 21.4. The Morgan fingerprint density at radius 2 is 2.00 bits per heavy atom. The summed E-state index contributed by atoms with van der Waals surface area (Å²) in [5, 5.41) is 7.05. The number of nitrogens with one attached hydrogen (secondary N) is 2. The molecular formula is C23H37N5O2. The molecule has 0 spiro atoms. The van der Waals surface area contributed by atoms with Crippen molar-refractivity contribution in [3.63, 3.8) is 0 Å². The van der Waals surface area contributed by atoms with Crippen LogP contribution < -0.4 is 15.4 Å². The minimum Gasteiger partial charge on any atom is -0.496 e. The maximum atomic E-state index is 12.0. The summed E-state index contributed by atoms with van der Waals surface area (Å²) < 4.78 is 5.66. The number of rotatable bonds is 7. The molecule has 2 atom stereocenters. The maximum absolute atomic E-state index is 12.0. The molecule has 0 aliphatic carbocycles. The van der Waals surface area contributed by atoms with Crippen LogP contribution in [0.25, 0.3) is 0 Å². The predicted octanol–water partition coefficient (Wildman–Crippen LogP) is 2.40. The summed E-state index contributed by atoms with van der Waals surface area (Å²) >= 11 is 0. The fourth-order valence-electron chi connectivity index (χ4n) is 4.52. The van der Waals surface area contributed by atoms with Crippen LogP contribution in [-0.2, 0) is 4.79 Å². The fraction of sp³-hybridized carbons (Fsp3) is 0.652. The van der Waals surface area contributed by atoms with Gasteiger partial charge in [-0.1, -0.05) is 31.5 Å². The summed E-state index contributed by atoms with van der Waals surface area (Å²) in [5.74, 6) is 1.95. The van der Waals surface area contributed by atoms with Gasteiger partial charge in [0.1, 0.15) is 5.75 Å². The highest BCUT2D eigenvalue weighted by molar-refractivity contribution is 5.80. The van der Waals surface area contributed by atoms with E-state index < -0.39 is 0 Å². The lowest BCUT2D eigenvalue weighted by Crippen LogP contribution is -2.48. The van der Waals surface area contributed by atoms with Gasteiger partial charge in [0.05, 0.1) is 13.2 Å². The minimum absolute atomic E-state index is 0.224. The van der Waals surface area contributed by atoms with Gasteiger partial charge in [-0.15, -0.1) is 0 Å². The number of methoxy groups -OCH3 is 1. The first kappa shape index (κ1) is 22.4. The van der Waals surface area contributed by atoms with Crippen molar-refractivity contribution in [1.29, 1.82) is 0 Å². The van der Waals surface area contributed by atoms with Crippen molar-refractivity contribution >= 4 is 11.9 Å². The van der Waals surface area contributed by atoms with Crippen molar-refractivity contribution in [2.45, 2.75) is 51.1 Å². The van der Waals surface area contributed by atoms with E-state index in [1.807, 2.05) is 24.0 Å². The van der Waals surface area contributed by atoms with Gasteiger partial charge < -0.3 is 20.3 Å². The Labute approximate surface area is 180 Å². The van der Waals surface area contributed by atoms with E-state index in [0.717, 1.165) is 50.9 Å². The number of guanidine groups is 1. The Morgan fingerprint density at radius 1 is 1.23 bits per heavy atom. The molecule has 2 heterocycles. The topological polar surface area (TPSA) is 69.2 Å². The molecule has 1 aromatic carbocycles. The van der Waals surface area contributed by atoms with Crippen LogP contribution in [-0.4, -0.2) is 74.6 Å². The van der Waals surface area contributed by atoms with Crippen LogP contribution in [0.15, 0.2) is 29.3 Å². The third kappa shape index (κ3) is 5.65. The summed E-state index contributed by atoms with van der Waals surface area (Å²) in [4.78, 5) is 20.9. The third-order valence-electron chi connectivity index (χ3n) is 6.20. The van der Waals surface area contributed by atoms with Crippen LogP contribution in [0.2, 0.25) is 0 Å². The van der Waals surface area contributed by atoms with E-state index in [-0.39, 0.29) is 18.0 Å². The first-order valence-electron chi connectivity index (χ1n) is 11.3. The fourth-order valence-corrected chi connectivity index (χ4v) is 4.52. The zero-order valence-corrected chi connectivity index (χ0v) is 18.7. The maximum Gasteiger partial charge on any atom is 0.222 e. The van der Waals surface area contributed by atoms with Crippen LogP contribution >= 0.6 is 0 Å². The van der Waals surface area contributed by atoms with Crippen molar-refractivity contribution in [2.24, 2.45) is 4.99 Å². The molecule has 2 fully saturated rings. The lowest BCUT2D eigenvalue weighted by Gasteiger charge is -2.36. The second kappa shape index (κ2) is 11.2. The molecular weight excluding hydrogens is 378 g/mol. The smallest absolute Gasteiger partial charge is 0.222 e. The molecule has 1 amide bonds. The molecule has 2 unspecified atom stereocenters. The molecule has 0 aromatic heterocycles. The summed E-state index contributed by atoms with van der Waals surface area (Å²) in [7, 11) is 3.54. The number of likely N-dealkylation sites (tertiary alicyclic amines) is 2. The van der Waals surface area contributed by atoms with Crippen LogP contribution in [0.4, 0.5) is 0 Å². The second-order valence-corrected chi connectivity index (χ2v) is 8.13. The van der Waals surface area contributed by atoms with Gasteiger partial charge in [-0.2, -0.15) is 0 Å². The Morgan fingerprint density at radius 3 is 2.70 bits per heavy atom. The van der Waals surface area contributed by atoms with Gasteiger partial charge in [0.2, 0.25) is 5.91 Å². The van der Waals surface area contributed by atoms with Gasteiger partial charge in [0, 0.05) is 44.7 Å². The lowest BCUT2D eigenvalue weighted by atomic mass is 10.0. The first-order valence-corrected chi connectivity index (χ1v) is 11.3. The van der Waals surface area contributed by atoms with E-state index >= 15 is 0 Å². The van der Waals surface area contributed by atoms with Crippen molar-refractivity contribution in [2.75, 3.05) is 46.9 Å². The Hall–Kier alpha value is -2.28. The summed E-state index contributed by atoms with van der Waals surface area (Å²) in [6.07, 6.45) is 5.30. The molecule has 2 N–H and O–H groups in total. The molecule has 166 valence electrons. The SMILES string of the molecule is CCC(=O)N1CCC(NC(=NC)NCC(c2ccccc2OC)N2CCCCC2)C1. The van der Waals surface area contributed by atoms with Gasteiger partial charge in [0.25, 0.3) is 0 Å². The van der Waals surface area contributed by atoms with Gasteiger partial charge in [-0.3, -0.25) is 14.7 Å². The third-order valence-corrected chi connectivity index (χ3v) is 6.20. The quantitative estimate of drug-likeness (QED) is 0.529. The number of para-hydroxylation sites is 1. The zero-order valence-electron chi connectivity index (χ0n) is 18.7. The molecule has 0 bridgehead atoms. The monoisotopic (exact) mass is 415 g/mol. The molecule has 2 aliphatic heterocycles. The molecule has 0 radical (unpaired) electrons. The van der Waals surface area contributed by atoms with E-state index in [9.17, 15) is 4.79 Å². The average Bonchev–Trinajstić information content (AvgIpc) is 3.27. The second-order valence-electron chi connectivity index (χ2n) is 8.13. The molecule has 3 rings (SSSR count). The number of carbonyl (C=O) groups excluding carboxylic acids is 1. The van der Waals surface area contributed by atoms with Crippen LogP contribution in [0.1, 0.15) is 50.6 Å². The van der Waals surface area contributed by atoms with E-state index in [1.54, 1.807) is 14.2 Å². The van der Waals surface area contributed by atoms with Crippen molar-refractivity contribution in [1.82, 2.24) is 20.4 Å². The summed E-state index contributed by atoms with van der Waals surface area (Å²) in [6.45, 7) is 6.45. The molecule has 1 aromatic rings. The van der Waals surface area contributed by atoms with E-state index in [0.29, 0.717) is 6.42 Å². The number of nitrogens with zero attached hydrogens (tertiary/aromatic N) is 3. The number of amides is 1. The Bertz CT molecular complexity index is 717. The highest BCUT2D eigenvalue weighted by Crippen LogP contribution is 2.30. The summed E-state index contributed by atoms with van der Waals surface area (Å²) in [5.41, 5.74) is 1.21. The first-order chi connectivity index (χ1) is 14.7. The summed E-state index contributed by atoms with van der Waals surface area (Å²) in [6, 6.07) is 8.78. The highest BCUT2D eigenvalue weighted by atomic mass is 16.5. The largest absolute Gasteiger partial charge is 0.496 e. The zero-order chi connectivity index (χ0) is 21.3. The van der Waals surface area contributed by atoms with Crippen molar-refractivity contribution < 1.29 is 9.53 Å². The number of piperidine rings is 1. The van der Waals surface area contributed by atoms with Gasteiger partial charge in [0.15, 0.2) is 5.96 Å². The number of ether oxygens (including phenoxy) is 1. The molecule has 2 aliphatic rings. The van der Waals surface area contributed by atoms with Crippen LogP contribution in [0.5, 0.6) is 5.75 Å². The number of carbonyl (C=O) groups is 1. The van der Waals surface area contributed by atoms with Gasteiger partial charge in [-0.25, -0.2) is 0 Å². The predicted molar refractivity (Wildman–Crippen MR) is 121 cm³/mol. The van der Waals surface area contributed by atoms with Crippen LogP contribution in [0, 0.1) is 0 Å². The minimum atomic E-state index is 0.224. The Balaban J connectivity index is 1.64. The molecule has 2 saturated heterocycles. The van der Waals surface area contributed by atoms with Crippen molar-refractivity contribution in [3.05, 3.63) is 29.8 Å². The van der Waals surface area contributed by atoms with Gasteiger partial charge >= 0.3 is 0 Å². The number of hydrogen-bond acceptors (Lipinski definition) is 4. The standard InChI is InChI=1S/C23H37N5O2/c1-4-22(29)28-15-12-18(17-28)26-23(24-2)25-16-20(27-13-8-5-9-14-27)19-10-6-7-11-21(19)30-3/h6-7,10-11,18,20H,4-5,8-9,12-17H2,1-3H3,(H2,24,25,26). The molecule has 7 nitrogen and oxygen atoms in total. The van der Waals surface area contributed by atoms with E-state index in [2.05, 4.69) is 32.7 Å². The van der Waals surface area contributed by atoms with E-state index in [4.69, 9.17) is 4.74 Å². The van der Waals surface area contributed by atoms with Gasteiger partial charge in [-0.05, 0) is 38.4 Å². The number of aliphatic imine (C=N–C) groups is 1. The molecule has 30 heavy (non-hydrogen) atoms.